The third-order valence-electron chi connectivity index (χ3n) is 7.74. The predicted octanol–water partition coefficient (Wildman–Crippen LogP) is 3.93. The molecule has 6 rings (SSSR count). The number of oxazole rings is 1. The van der Waals surface area contributed by atoms with E-state index in [1.165, 1.54) is 29.7 Å². The smallest absolute Gasteiger partial charge is 0.416 e. The van der Waals surface area contributed by atoms with Crippen LogP contribution in [0.4, 0.5) is 19.2 Å². The van der Waals surface area contributed by atoms with Crippen molar-refractivity contribution in [2.45, 2.75) is 50.5 Å². The quantitative estimate of drug-likeness (QED) is 0.460. The summed E-state index contributed by atoms with van der Waals surface area (Å²) in [7, 11) is 0. The Morgan fingerprint density at radius 1 is 1.10 bits per heavy atom. The molecule has 5 heterocycles. The van der Waals surface area contributed by atoms with Gasteiger partial charge in [0.05, 0.1) is 29.9 Å². The second-order valence-electron chi connectivity index (χ2n) is 10.6. The molecule has 0 saturated carbocycles. The van der Waals surface area contributed by atoms with Crippen LogP contribution in [0.2, 0.25) is 0 Å². The maximum absolute atomic E-state index is 13.2. The SMILES string of the molecule is O=C(NCc1nc(-c2ccc(C(F)(F)F)cc2)cs1)[C@H]1CCCN(C(=O)c2cnc(N3CC4CCC(C3)N4)o2)C1. The first-order chi connectivity index (χ1) is 19.2. The molecule has 2 bridgehead atoms. The van der Waals surface area contributed by atoms with Gasteiger partial charge in [0.15, 0.2) is 0 Å². The Labute approximate surface area is 232 Å². The van der Waals surface area contributed by atoms with Gasteiger partial charge in [0.1, 0.15) is 5.01 Å². The number of fused-ring (bicyclic) bond motifs is 2. The molecule has 0 spiro atoms. The van der Waals surface area contributed by atoms with Crippen molar-refractivity contribution in [2.24, 2.45) is 5.92 Å². The van der Waals surface area contributed by atoms with Crippen LogP contribution < -0.4 is 15.5 Å². The van der Waals surface area contributed by atoms with Gasteiger partial charge in [-0.2, -0.15) is 13.2 Å². The summed E-state index contributed by atoms with van der Waals surface area (Å²) in [4.78, 5) is 38.6. The van der Waals surface area contributed by atoms with Gasteiger partial charge in [0, 0.05) is 49.2 Å². The molecule has 13 heteroatoms. The molecule has 3 saturated heterocycles. The van der Waals surface area contributed by atoms with Crippen molar-refractivity contribution in [1.82, 2.24) is 25.5 Å². The van der Waals surface area contributed by atoms with E-state index >= 15 is 0 Å². The summed E-state index contributed by atoms with van der Waals surface area (Å²) < 4.78 is 44.3. The number of nitrogens with zero attached hydrogens (tertiary/aromatic N) is 4. The van der Waals surface area contributed by atoms with Gasteiger partial charge in [-0.3, -0.25) is 9.59 Å². The number of piperazine rings is 1. The van der Waals surface area contributed by atoms with Crippen LogP contribution in [0.1, 0.15) is 46.8 Å². The second-order valence-corrected chi connectivity index (χ2v) is 11.5. The Hall–Kier alpha value is -3.45. The largest absolute Gasteiger partial charge is 0.418 e. The van der Waals surface area contributed by atoms with Crippen molar-refractivity contribution in [1.29, 1.82) is 0 Å². The van der Waals surface area contributed by atoms with Gasteiger partial charge >= 0.3 is 6.18 Å². The van der Waals surface area contributed by atoms with Gasteiger partial charge < -0.3 is 24.9 Å². The highest BCUT2D eigenvalue weighted by Crippen LogP contribution is 2.31. The summed E-state index contributed by atoms with van der Waals surface area (Å²) in [5.41, 5.74) is 0.412. The monoisotopic (exact) mass is 574 g/mol. The normalized spacial score (nSPS) is 22.9. The molecule has 3 aliphatic rings. The third kappa shape index (κ3) is 5.71. The number of piperidine rings is 1. The van der Waals surface area contributed by atoms with E-state index in [9.17, 15) is 22.8 Å². The number of carbonyl (C=O) groups is 2. The Kier molecular flexibility index (Phi) is 7.26. The van der Waals surface area contributed by atoms with Crippen LogP contribution in [0.5, 0.6) is 0 Å². The number of alkyl halides is 3. The minimum Gasteiger partial charge on any atom is -0.418 e. The first-order valence-electron chi connectivity index (χ1n) is 13.4. The number of benzene rings is 1. The fraction of sp³-hybridized carbons (Fsp3) is 0.481. The lowest BCUT2D eigenvalue weighted by Crippen LogP contribution is -2.51. The fourth-order valence-corrected chi connectivity index (χ4v) is 6.40. The summed E-state index contributed by atoms with van der Waals surface area (Å²) >= 11 is 1.32. The fourth-order valence-electron chi connectivity index (χ4n) is 5.66. The van der Waals surface area contributed by atoms with Crippen LogP contribution in [-0.4, -0.2) is 64.9 Å². The Morgan fingerprint density at radius 3 is 2.58 bits per heavy atom. The highest BCUT2D eigenvalue weighted by molar-refractivity contribution is 7.09. The summed E-state index contributed by atoms with van der Waals surface area (Å²) in [6.07, 6.45) is 0.707. The summed E-state index contributed by atoms with van der Waals surface area (Å²) in [5, 5.41) is 8.85. The van der Waals surface area contributed by atoms with E-state index in [4.69, 9.17) is 4.42 Å². The van der Waals surface area contributed by atoms with Crippen LogP contribution in [0, 0.1) is 5.92 Å². The van der Waals surface area contributed by atoms with Gasteiger partial charge in [-0.1, -0.05) is 12.1 Å². The number of aromatic nitrogens is 2. The highest BCUT2D eigenvalue weighted by atomic mass is 32.1. The third-order valence-corrected chi connectivity index (χ3v) is 8.59. The first kappa shape index (κ1) is 26.8. The number of carbonyl (C=O) groups excluding carboxylic acids is 2. The number of hydrogen-bond donors (Lipinski definition) is 2. The van der Waals surface area contributed by atoms with E-state index in [2.05, 4.69) is 25.5 Å². The van der Waals surface area contributed by atoms with Gasteiger partial charge in [-0.15, -0.1) is 11.3 Å². The van der Waals surface area contributed by atoms with Crippen molar-refractivity contribution in [3.63, 3.8) is 0 Å². The van der Waals surface area contributed by atoms with E-state index < -0.39 is 11.7 Å². The average Bonchev–Trinajstić information content (AvgIpc) is 3.71. The van der Waals surface area contributed by atoms with Crippen LogP contribution in [0.15, 0.2) is 40.3 Å². The van der Waals surface area contributed by atoms with E-state index in [0.717, 1.165) is 38.1 Å². The molecule has 2 aromatic heterocycles. The van der Waals surface area contributed by atoms with Crippen LogP contribution >= 0.6 is 11.3 Å². The Balaban J connectivity index is 1.02. The number of likely N-dealkylation sites (tertiary alicyclic amines) is 1. The zero-order valence-electron chi connectivity index (χ0n) is 21.6. The number of hydrogen-bond acceptors (Lipinski definition) is 8. The lowest BCUT2D eigenvalue weighted by Gasteiger charge is -2.32. The van der Waals surface area contributed by atoms with E-state index in [1.807, 2.05) is 0 Å². The summed E-state index contributed by atoms with van der Waals surface area (Å²) in [6.45, 7) is 2.64. The second kappa shape index (κ2) is 10.8. The molecule has 40 heavy (non-hydrogen) atoms. The van der Waals surface area contributed by atoms with Crippen molar-refractivity contribution in [3.8, 4) is 11.3 Å². The molecule has 3 fully saturated rings. The number of amides is 2. The number of anilines is 1. The van der Waals surface area contributed by atoms with Crippen molar-refractivity contribution < 1.29 is 27.2 Å². The van der Waals surface area contributed by atoms with Crippen LogP contribution in [0.3, 0.4) is 0 Å². The minimum absolute atomic E-state index is 0.168. The van der Waals surface area contributed by atoms with Gasteiger partial charge in [-0.25, -0.2) is 9.97 Å². The number of rotatable bonds is 6. The molecule has 0 aliphatic carbocycles. The molecule has 3 aromatic rings. The first-order valence-corrected chi connectivity index (χ1v) is 14.3. The minimum atomic E-state index is -4.39. The number of thiazole rings is 1. The van der Waals surface area contributed by atoms with Crippen molar-refractivity contribution in [3.05, 3.63) is 52.2 Å². The summed E-state index contributed by atoms with van der Waals surface area (Å²) in [5.74, 6) is -0.618. The van der Waals surface area contributed by atoms with Crippen molar-refractivity contribution >= 4 is 29.2 Å². The van der Waals surface area contributed by atoms with E-state index in [1.54, 1.807) is 10.3 Å². The molecule has 3 atom stereocenters. The van der Waals surface area contributed by atoms with Gasteiger partial charge in [0.2, 0.25) is 11.7 Å². The van der Waals surface area contributed by atoms with Crippen molar-refractivity contribution in [2.75, 3.05) is 31.1 Å². The zero-order chi connectivity index (χ0) is 27.9. The Bertz CT molecular complexity index is 1360. The number of nitrogens with one attached hydrogen (secondary N) is 2. The lowest BCUT2D eigenvalue weighted by atomic mass is 9.97. The topological polar surface area (TPSA) is 104 Å². The van der Waals surface area contributed by atoms with E-state index in [0.29, 0.717) is 53.7 Å². The molecule has 1 aromatic carbocycles. The molecule has 0 radical (unpaired) electrons. The summed E-state index contributed by atoms with van der Waals surface area (Å²) in [6, 6.07) is 6.14. The standard InChI is InChI=1S/C27H29F3N6O3S/c28-27(29,30)18-5-3-16(4-6-18)21-15-40-23(34-21)11-31-24(37)17-2-1-9-35(12-17)25(38)22-10-32-26(39-22)36-13-19-7-8-20(14-36)33-19/h3-6,10,15,17,19-20,33H,1-2,7-9,11-14H2,(H,31,37)/t17-,19?,20?/m0/s1. The molecule has 2 amide bonds. The zero-order valence-corrected chi connectivity index (χ0v) is 22.4. The predicted molar refractivity (Wildman–Crippen MR) is 142 cm³/mol. The molecule has 2 unspecified atom stereocenters. The molecule has 9 nitrogen and oxygen atoms in total. The highest BCUT2D eigenvalue weighted by Gasteiger charge is 2.35. The van der Waals surface area contributed by atoms with Crippen LogP contribution in [-0.2, 0) is 17.5 Å². The molecular weight excluding hydrogens is 545 g/mol. The molecular formula is C27H29F3N6O3S. The average molecular weight is 575 g/mol. The van der Waals surface area contributed by atoms with Gasteiger partial charge in [-0.05, 0) is 37.8 Å². The van der Waals surface area contributed by atoms with Crippen LogP contribution in [0.25, 0.3) is 11.3 Å². The number of halogens is 3. The lowest BCUT2D eigenvalue weighted by molar-refractivity contribution is -0.137. The van der Waals surface area contributed by atoms with E-state index in [-0.39, 0.29) is 36.6 Å². The molecule has 2 N–H and O–H groups in total. The molecule has 212 valence electrons. The maximum atomic E-state index is 13.2. The maximum Gasteiger partial charge on any atom is 0.416 e. The van der Waals surface area contributed by atoms with Gasteiger partial charge in [0.25, 0.3) is 11.9 Å². The Morgan fingerprint density at radius 2 is 1.85 bits per heavy atom. The molecule has 3 aliphatic heterocycles.